The zero-order valence-corrected chi connectivity index (χ0v) is 16.2. The Morgan fingerprint density at radius 1 is 1.37 bits per heavy atom. The van der Waals surface area contributed by atoms with Crippen LogP contribution in [0.2, 0.25) is 0 Å². The topological polar surface area (TPSA) is 83.6 Å². The lowest BCUT2D eigenvalue weighted by Gasteiger charge is -2.31. The number of anilines is 1. The lowest BCUT2D eigenvalue weighted by molar-refractivity contribution is -0.117. The van der Waals surface area contributed by atoms with E-state index in [0.717, 1.165) is 10.9 Å². The van der Waals surface area contributed by atoms with E-state index in [1.807, 2.05) is 27.7 Å². The molecule has 0 spiro atoms. The van der Waals surface area contributed by atoms with Gasteiger partial charge in [0, 0.05) is 35.8 Å². The molecule has 0 aliphatic heterocycles. The molecule has 3 aromatic rings. The molecular weight excluding hydrogens is 345 g/mol. The van der Waals surface area contributed by atoms with E-state index in [-0.39, 0.29) is 23.1 Å². The molecule has 0 radical (unpaired) electrons. The summed E-state index contributed by atoms with van der Waals surface area (Å²) < 4.78 is 14.6. The Hall–Kier alpha value is -2.83. The van der Waals surface area contributed by atoms with Crippen LogP contribution in [0.5, 0.6) is 0 Å². The predicted octanol–water partition coefficient (Wildman–Crippen LogP) is 4.27. The van der Waals surface area contributed by atoms with Crippen LogP contribution in [0.15, 0.2) is 24.8 Å². The molecule has 1 atom stereocenters. The number of rotatable bonds is 5. The molecule has 27 heavy (non-hydrogen) atoms. The second-order valence-corrected chi connectivity index (χ2v) is 7.94. The van der Waals surface area contributed by atoms with Gasteiger partial charge in [0.05, 0.1) is 5.69 Å². The van der Waals surface area contributed by atoms with Crippen molar-refractivity contribution >= 4 is 22.6 Å². The zero-order chi connectivity index (χ0) is 19.8. The maximum Gasteiger partial charge on any atom is 0.165 e. The largest absolute Gasteiger partial charge is 0.364 e. The third-order valence-electron chi connectivity index (χ3n) is 4.63. The van der Waals surface area contributed by atoms with Gasteiger partial charge in [-0.3, -0.25) is 4.79 Å². The summed E-state index contributed by atoms with van der Waals surface area (Å²) in [6, 6.07) is 1.22. The van der Waals surface area contributed by atoms with E-state index in [4.69, 9.17) is 0 Å². The summed E-state index contributed by atoms with van der Waals surface area (Å²) >= 11 is 0. The van der Waals surface area contributed by atoms with Gasteiger partial charge in [-0.25, -0.2) is 19.3 Å². The molecule has 3 rings (SSSR count). The van der Waals surface area contributed by atoms with Crippen LogP contribution in [0.4, 0.5) is 10.2 Å². The van der Waals surface area contributed by atoms with E-state index in [1.165, 1.54) is 19.3 Å². The van der Waals surface area contributed by atoms with E-state index >= 15 is 0 Å². The molecule has 0 saturated carbocycles. The van der Waals surface area contributed by atoms with Crippen molar-refractivity contribution in [3.05, 3.63) is 36.2 Å². The Morgan fingerprint density at radius 2 is 2.11 bits per heavy atom. The summed E-state index contributed by atoms with van der Waals surface area (Å²) in [5.41, 5.74) is 2.63. The van der Waals surface area contributed by atoms with Crippen molar-refractivity contribution in [1.82, 2.24) is 19.9 Å². The zero-order valence-electron chi connectivity index (χ0n) is 16.2. The van der Waals surface area contributed by atoms with Gasteiger partial charge in [-0.15, -0.1) is 0 Å². The van der Waals surface area contributed by atoms with Gasteiger partial charge >= 0.3 is 0 Å². The fourth-order valence-electron chi connectivity index (χ4n) is 3.04. The number of hydrogen-bond acceptors (Lipinski definition) is 5. The Balaban J connectivity index is 2.05. The molecule has 0 aliphatic rings. The Labute approximate surface area is 157 Å². The number of Topliss-reactive ketones (excluding diaryl/α,β-unsaturated/α-hetero) is 1. The molecule has 0 saturated heterocycles. The SMILES string of the molecule is CC(=O)CC(Nc1nc(-c2c[nH]c3ncncc23)c(C)cc1F)C(C)(C)C. The number of ketones is 1. The van der Waals surface area contributed by atoms with Gasteiger partial charge in [0.25, 0.3) is 0 Å². The average molecular weight is 369 g/mol. The van der Waals surface area contributed by atoms with Gasteiger partial charge in [0.2, 0.25) is 0 Å². The highest BCUT2D eigenvalue weighted by atomic mass is 19.1. The molecule has 7 heteroatoms. The Kier molecular flexibility index (Phi) is 4.95. The molecule has 0 bridgehead atoms. The maximum atomic E-state index is 14.6. The fraction of sp³-hybridized carbons (Fsp3) is 0.400. The number of aromatic nitrogens is 4. The number of pyridine rings is 1. The molecule has 3 heterocycles. The number of H-pyrrole nitrogens is 1. The van der Waals surface area contributed by atoms with Crippen molar-refractivity contribution < 1.29 is 9.18 Å². The first-order valence-corrected chi connectivity index (χ1v) is 8.87. The van der Waals surface area contributed by atoms with Crippen molar-refractivity contribution in [2.45, 2.75) is 47.1 Å². The minimum Gasteiger partial charge on any atom is -0.364 e. The van der Waals surface area contributed by atoms with Gasteiger partial charge in [-0.2, -0.15) is 0 Å². The van der Waals surface area contributed by atoms with Crippen LogP contribution in [0, 0.1) is 18.2 Å². The van der Waals surface area contributed by atoms with Crippen LogP contribution in [0.1, 0.15) is 39.7 Å². The number of nitrogens with one attached hydrogen (secondary N) is 2. The standard InChI is InChI=1S/C20H24FN5O/c1-11-6-15(21)19(25-16(7-12(2)27)20(3,4)5)26-17(11)13-9-23-18-14(13)8-22-10-24-18/h6,8-10,16H,7H2,1-5H3,(H,25,26)(H,22,23,24). The van der Waals surface area contributed by atoms with E-state index in [1.54, 1.807) is 12.4 Å². The number of carbonyl (C=O) groups is 1. The smallest absolute Gasteiger partial charge is 0.165 e. The molecule has 1 unspecified atom stereocenters. The van der Waals surface area contributed by atoms with E-state index < -0.39 is 5.82 Å². The molecule has 142 valence electrons. The molecule has 3 aromatic heterocycles. The van der Waals surface area contributed by atoms with E-state index in [9.17, 15) is 9.18 Å². The van der Waals surface area contributed by atoms with Crippen molar-refractivity contribution in [3.63, 3.8) is 0 Å². The number of fused-ring (bicyclic) bond motifs is 1. The van der Waals surface area contributed by atoms with Crippen LogP contribution in [-0.4, -0.2) is 31.8 Å². The molecule has 0 amide bonds. The van der Waals surface area contributed by atoms with Crippen LogP contribution in [0.3, 0.4) is 0 Å². The molecule has 6 nitrogen and oxygen atoms in total. The highest BCUT2D eigenvalue weighted by molar-refractivity contribution is 5.92. The fourth-order valence-corrected chi connectivity index (χ4v) is 3.04. The summed E-state index contributed by atoms with van der Waals surface area (Å²) in [4.78, 5) is 27.6. The van der Waals surface area contributed by atoms with Crippen molar-refractivity contribution in [2.24, 2.45) is 5.41 Å². The number of nitrogens with zero attached hydrogens (tertiary/aromatic N) is 3. The maximum absolute atomic E-state index is 14.6. The second kappa shape index (κ2) is 7.06. The third kappa shape index (κ3) is 3.97. The molecule has 0 aromatic carbocycles. The number of hydrogen-bond donors (Lipinski definition) is 2. The van der Waals surface area contributed by atoms with E-state index in [2.05, 4.69) is 25.3 Å². The van der Waals surface area contributed by atoms with Crippen molar-refractivity contribution in [1.29, 1.82) is 0 Å². The summed E-state index contributed by atoms with van der Waals surface area (Å²) in [5.74, 6) is -0.253. The number of halogens is 1. The van der Waals surface area contributed by atoms with Crippen molar-refractivity contribution in [3.8, 4) is 11.3 Å². The second-order valence-electron chi connectivity index (χ2n) is 7.94. The monoisotopic (exact) mass is 369 g/mol. The average Bonchev–Trinajstić information content (AvgIpc) is 2.99. The van der Waals surface area contributed by atoms with Crippen LogP contribution in [0.25, 0.3) is 22.3 Å². The molecule has 2 N–H and O–H groups in total. The Morgan fingerprint density at radius 3 is 2.78 bits per heavy atom. The number of carbonyl (C=O) groups excluding carboxylic acids is 1. The first-order valence-electron chi connectivity index (χ1n) is 8.87. The first-order chi connectivity index (χ1) is 12.7. The molecule has 0 aliphatic carbocycles. The van der Waals surface area contributed by atoms with E-state index in [0.29, 0.717) is 23.3 Å². The van der Waals surface area contributed by atoms with Crippen LogP contribution in [-0.2, 0) is 4.79 Å². The predicted molar refractivity (Wildman–Crippen MR) is 104 cm³/mol. The third-order valence-corrected chi connectivity index (χ3v) is 4.63. The minimum absolute atomic E-state index is 0.0453. The summed E-state index contributed by atoms with van der Waals surface area (Å²) in [7, 11) is 0. The lowest BCUT2D eigenvalue weighted by atomic mass is 9.84. The highest BCUT2D eigenvalue weighted by Gasteiger charge is 2.27. The lowest BCUT2D eigenvalue weighted by Crippen LogP contribution is -2.36. The summed E-state index contributed by atoms with van der Waals surface area (Å²) in [6.07, 6.45) is 5.28. The van der Waals surface area contributed by atoms with Gasteiger partial charge in [-0.1, -0.05) is 20.8 Å². The molecular formula is C20H24FN5O. The van der Waals surface area contributed by atoms with Gasteiger partial charge in [0.15, 0.2) is 11.6 Å². The van der Waals surface area contributed by atoms with Crippen LogP contribution < -0.4 is 5.32 Å². The Bertz CT molecular complexity index is 990. The first kappa shape index (κ1) is 18.9. The van der Waals surface area contributed by atoms with Gasteiger partial charge in [0.1, 0.15) is 17.8 Å². The number of aryl methyl sites for hydroxylation is 1. The quantitative estimate of drug-likeness (QED) is 0.701. The normalized spacial score (nSPS) is 13.0. The summed E-state index contributed by atoms with van der Waals surface area (Å²) in [5, 5.41) is 3.97. The van der Waals surface area contributed by atoms with Crippen LogP contribution >= 0.6 is 0 Å². The highest BCUT2D eigenvalue weighted by Crippen LogP contribution is 2.32. The molecule has 0 fully saturated rings. The number of aromatic amines is 1. The van der Waals surface area contributed by atoms with Gasteiger partial charge in [-0.05, 0) is 30.9 Å². The van der Waals surface area contributed by atoms with Gasteiger partial charge < -0.3 is 10.3 Å². The minimum atomic E-state index is -0.440. The van der Waals surface area contributed by atoms with Crippen molar-refractivity contribution in [2.75, 3.05) is 5.32 Å². The summed E-state index contributed by atoms with van der Waals surface area (Å²) in [6.45, 7) is 9.39.